The average molecular weight is 336 g/mol. The third-order valence-electron chi connectivity index (χ3n) is 3.17. The summed E-state index contributed by atoms with van der Waals surface area (Å²) < 4.78 is 3.14. The van der Waals surface area contributed by atoms with E-state index in [0.29, 0.717) is 5.88 Å². The summed E-state index contributed by atoms with van der Waals surface area (Å²) in [5, 5.41) is 0. The van der Waals surface area contributed by atoms with Crippen molar-refractivity contribution < 1.29 is 0 Å². The van der Waals surface area contributed by atoms with Crippen LogP contribution in [0.2, 0.25) is 0 Å². The van der Waals surface area contributed by atoms with Gasteiger partial charge in [-0.05, 0) is 46.6 Å². The van der Waals surface area contributed by atoms with Gasteiger partial charge in [0, 0.05) is 4.47 Å². The molecule has 3 aromatic rings. The first kappa shape index (κ1) is 12.7. The second kappa shape index (κ2) is 4.99. The Kier molecular flexibility index (Phi) is 3.33. The number of rotatable bonds is 2. The summed E-state index contributed by atoms with van der Waals surface area (Å²) >= 11 is 9.65. The Morgan fingerprint density at radius 2 is 1.95 bits per heavy atom. The topological polar surface area (TPSA) is 17.8 Å². The summed E-state index contributed by atoms with van der Waals surface area (Å²) in [5.74, 6) is 1.24. The minimum atomic E-state index is 0.384. The number of alkyl halides is 1. The van der Waals surface area contributed by atoms with Crippen LogP contribution in [0.25, 0.3) is 16.7 Å². The number of fused-ring (bicyclic) bond motifs is 1. The third kappa shape index (κ3) is 2.07. The molecule has 0 saturated heterocycles. The Morgan fingerprint density at radius 3 is 2.68 bits per heavy atom. The number of hydrogen-bond acceptors (Lipinski definition) is 1. The van der Waals surface area contributed by atoms with Crippen molar-refractivity contribution in [1.82, 2.24) is 9.55 Å². The van der Waals surface area contributed by atoms with Gasteiger partial charge in [0.1, 0.15) is 5.82 Å². The molecule has 0 aliphatic carbocycles. The maximum absolute atomic E-state index is 6.06. The van der Waals surface area contributed by atoms with Crippen molar-refractivity contribution in [3.8, 4) is 5.69 Å². The first-order chi connectivity index (χ1) is 9.22. The van der Waals surface area contributed by atoms with Gasteiger partial charge in [-0.2, -0.15) is 0 Å². The number of halogens is 2. The molecule has 1 aromatic heterocycles. The quantitative estimate of drug-likeness (QED) is 0.613. The second-order valence-corrected chi connectivity index (χ2v) is 5.51. The van der Waals surface area contributed by atoms with Gasteiger partial charge in [-0.3, -0.25) is 4.57 Å². The molecule has 0 aliphatic heterocycles. The van der Waals surface area contributed by atoms with Crippen LogP contribution in [0.4, 0.5) is 0 Å². The van der Waals surface area contributed by atoms with Gasteiger partial charge in [0.2, 0.25) is 0 Å². The molecule has 0 saturated carbocycles. The van der Waals surface area contributed by atoms with Gasteiger partial charge in [-0.15, -0.1) is 11.6 Å². The zero-order chi connectivity index (χ0) is 13.4. The first-order valence-electron chi connectivity index (χ1n) is 6.00. The lowest BCUT2D eigenvalue weighted by Crippen LogP contribution is -1.99. The molecule has 0 bridgehead atoms. The van der Waals surface area contributed by atoms with Crippen molar-refractivity contribution >= 4 is 38.6 Å². The number of para-hydroxylation sites is 2. The van der Waals surface area contributed by atoms with Crippen molar-refractivity contribution in [1.29, 1.82) is 0 Å². The average Bonchev–Trinajstić information content (AvgIpc) is 2.79. The molecule has 1 heterocycles. The zero-order valence-electron chi connectivity index (χ0n) is 10.4. The molecule has 2 aromatic carbocycles. The van der Waals surface area contributed by atoms with Crippen LogP contribution in [0.3, 0.4) is 0 Å². The van der Waals surface area contributed by atoms with Gasteiger partial charge < -0.3 is 0 Å². The maximum atomic E-state index is 6.06. The summed E-state index contributed by atoms with van der Waals surface area (Å²) in [6.45, 7) is 2.07. The largest absolute Gasteiger partial charge is 0.294 e. The highest BCUT2D eigenvalue weighted by Crippen LogP contribution is 2.28. The summed E-state index contributed by atoms with van der Waals surface area (Å²) in [4.78, 5) is 4.66. The molecule has 0 fully saturated rings. The fourth-order valence-electron chi connectivity index (χ4n) is 2.28. The van der Waals surface area contributed by atoms with E-state index in [-0.39, 0.29) is 0 Å². The zero-order valence-corrected chi connectivity index (χ0v) is 12.7. The van der Waals surface area contributed by atoms with E-state index in [0.717, 1.165) is 32.6 Å². The van der Waals surface area contributed by atoms with Gasteiger partial charge >= 0.3 is 0 Å². The molecule has 0 amide bonds. The normalized spacial score (nSPS) is 11.1. The number of benzene rings is 2. The van der Waals surface area contributed by atoms with E-state index in [1.807, 2.05) is 24.3 Å². The van der Waals surface area contributed by atoms with Crippen molar-refractivity contribution in [2.75, 3.05) is 0 Å². The molecule has 96 valence electrons. The van der Waals surface area contributed by atoms with Gasteiger partial charge in [0.25, 0.3) is 0 Å². The second-order valence-electron chi connectivity index (χ2n) is 4.39. The Balaban J connectivity index is 2.40. The van der Waals surface area contributed by atoms with Crippen molar-refractivity contribution in [2.24, 2.45) is 0 Å². The number of aromatic nitrogens is 2. The van der Waals surface area contributed by atoms with Crippen LogP contribution < -0.4 is 0 Å². The molecule has 19 heavy (non-hydrogen) atoms. The standard InChI is InChI=1S/C15H12BrClN2/c1-10-5-4-8-13-15(10)18-14(9-17)19(13)12-7-3-2-6-11(12)16/h2-8H,9H2,1H3. The van der Waals surface area contributed by atoms with E-state index in [1.165, 1.54) is 0 Å². The Hall–Kier alpha value is -1.32. The van der Waals surface area contributed by atoms with E-state index in [4.69, 9.17) is 11.6 Å². The van der Waals surface area contributed by atoms with Crippen LogP contribution in [-0.4, -0.2) is 9.55 Å². The fourth-order valence-corrected chi connectivity index (χ4v) is 2.92. The van der Waals surface area contributed by atoms with Crippen molar-refractivity contribution in [3.63, 3.8) is 0 Å². The lowest BCUT2D eigenvalue weighted by Gasteiger charge is -2.09. The Morgan fingerprint density at radius 1 is 1.16 bits per heavy atom. The van der Waals surface area contributed by atoms with Crippen LogP contribution in [-0.2, 0) is 5.88 Å². The predicted molar refractivity (Wildman–Crippen MR) is 83.1 cm³/mol. The molecule has 0 N–H and O–H groups in total. The lowest BCUT2D eigenvalue weighted by atomic mass is 10.2. The summed E-state index contributed by atoms with van der Waals surface area (Å²) in [5.41, 5.74) is 4.32. The smallest absolute Gasteiger partial charge is 0.129 e. The minimum Gasteiger partial charge on any atom is -0.294 e. The highest BCUT2D eigenvalue weighted by Gasteiger charge is 2.14. The Bertz CT molecular complexity index is 749. The van der Waals surface area contributed by atoms with Crippen LogP contribution in [0.15, 0.2) is 46.9 Å². The number of nitrogens with zero attached hydrogens (tertiary/aromatic N) is 2. The molecule has 0 atom stereocenters. The maximum Gasteiger partial charge on any atom is 0.129 e. The van der Waals surface area contributed by atoms with E-state index in [2.05, 4.69) is 50.6 Å². The van der Waals surface area contributed by atoms with Gasteiger partial charge in [-0.25, -0.2) is 4.98 Å². The predicted octanol–water partition coefficient (Wildman–Crippen LogP) is 4.84. The van der Waals surface area contributed by atoms with Crippen LogP contribution >= 0.6 is 27.5 Å². The molecule has 4 heteroatoms. The molecule has 2 nitrogen and oxygen atoms in total. The highest BCUT2D eigenvalue weighted by atomic mass is 79.9. The fraction of sp³-hybridized carbons (Fsp3) is 0.133. The van der Waals surface area contributed by atoms with E-state index < -0.39 is 0 Å². The van der Waals surface area contributed by atoms with E-state index in [9.17, 15) is 0 Å². The van der Waals surface area contributed by atoms with Crippen LogP contribution in [0.5, 0.6) is 0 Å². The number of hydrogen-bond donors (Lipinski definition) is 0. The molecule has 0 spiro atoms. The monoisotopic (exact) mass is 334 g/mol. The third-order valence-corrected chi connectivity index (χ3v) is 4.08. The van der Waals surface area contributed by atoms with Crippen molar-refractivity contribution in [2.45, 2.75) is 12.8 Å². The summed E-state index contributed by atoms with van der Waals surface area (Å²) in [7, 11) is 0. The summed E-state index contributed by atoms with van der Waals surface area (Å²) in [6, 6.07) is 14.3. The first-order valence-corrected chi connectivity index (χ1v) is 7.33. The SMILES string of the molecule is Cc1cccc2c1nc(CCl)n2-c1ccccc1Br. The molecular formula is C15H12BrClN2. The Labute approximate surface area is 125 Å². The van der Waals surface area contributed by atoms with Crippen LogP contribution in [0, 0.1) is 6.92 Å². The van der Waals surface area contributed by atoms with Crippen LogP contribution in [0.1, 0.15) is 11.4 Å². The van der Waals surface area contributed by atoms with Gasteiger partial charge in [0.15, 0.2) is 0 Å². The number of aryl methyl sites for hydroxylation is 1. The molecule has 0 radical (unpaired) electrons. The molecule has 0 unspecified atom stereocenters. The molecular weight excluding hydrogens is 324 g/mol. The summed E-state index contributed by atoms with van der Waals surface area (Å²) in [6.07, 6.45) is 0. The van der Waals surface area contributed by atoms with E-state index >= 15 is 0 Å². The minimum absolute atomic E-state index is 0.384. The molecule has 3 rings (SSSR count). The van der Waals surface area contributed by atoms with Crippen molar-refractivity contribution in [3.05, 3.63) is 58.3 Å². The van der Waals surface area contributed by atoms with Gasteiger partial charge in [-0.1, -0.05) is 24.3 Å². The number of imidazole rings is 1. The lowest BCUT2D eigenvalue weighted by molar-refractivity contribution is 0.977. The van der Waals surface area contributed by atoms with E-state index in [1.54, 1.807) is 0 Å². The highest BCUT2D eigenvalue weighted by molar-refractivity contribution is 9.10. The van der Waals surface area contributed by atoms with Gasteiger partial charge in [0.05, 0.1) is 22.6 Å². The molecule has 0 aliphatic rings.